The lowest BCUT2D eigenvalue weighted by atomic mass is 10.3. The van der Waals surface area contributed by atoms with E-state index in [1.165, 1.54) is 0 Å². The molecule has 4 heteroatoms. The summed E-state index contributed by atoms with van der Waals surface area (Å²) in [5.74, 6) is 0. The third-order valence-electron chi connectivity index (χ3n) is 2.00. The molecule has 0 spiro atoms. The average Bonchev–Trinajstić information content (AvgIpc) is 2.31. The Balaban J connectivity index is 1.92. The number of urea groups is 1. The van der Waals surface area contributed by atoms with Crippen molar-refractivity contribution in [1.82, 2.24) is 5.32 Å². The highest BCUT2D eigenvalue weighted by Crippen LogP contribution is 2.06. The van der Waals surface area contributed by atoms with Gasteiger partial charge in [0.15, 0.2) is 0 Å². The predicted octanol–water partition coefficient (Wildman–Crippen LogP) is 1.78. The van der Waals surface area contributed by atoms with Crippen LogP contribution in [0, 0.1) is 0 Å². The maximum absolute atomic E-state index is 11.6. The minimum Gasteiger partial charge on any atom is -0.275 e. The van der Waals surface area contributed by atoms with Gasteiger partial charge in [0.05, 0.1) is 0 Å². The van der Waals surface area contributed by atoms with Crippen LogP contribution in [0.15, 0.2) is 52.3 Å². The van der Waals surface area contributed by atoms with Crippen molar-refractivity contribution < 1.29 is 10.1 Å². The standard InChI is InChI=1S/C12H11IN2O/c16-12(14-10-4-2-1-3-5-10)15-11-6-8-13-9-7-11/h1-9H,(H2,14,15,16)/p+1. The van der Waals surface area contributed by atoms with Gasteiger partial charge in [-0.3, -0.25) is 5.32 Å². The first-order chi connectivity index (χ1) is 7.84. The quantitative estimate of drug-likeness (QED) is 0.631. The number of primary amides is 1. The molecular weight excluding hydrogens is 315 g/mol. The summed E-state index contributed by atoms with van der Waals surface area (Å²) in [4.78, 5) is 11.6. The molecule has 1 heterocycles. The Morgan fingerprint density at radius 3 is 2.75 bits per heavy atom. The Bertz CT molecular complexity index is 463. The molecule has 0 radical (unpaired) electrons. The molecule has 3 nitrogen and oxygen atoms in total. The van der Waals surface area contributed by atoms with Gasteiger partial charge in [-0.2, -0.15) is 0 Å². The van der Waals surface area contributed by atoms with E-state index in [2.05, 4.69) is 13.4 Å². The number of quaternary nitrogens is 1. The topological polar surface area (TPSA) is 45.7 Å². The van der Waals surface area contributed by atoms with Gasteiger partial charge < -0.3 is 0 Å². The molecule has 0 unspecified atom stereocenters. The van der Waals surface area contributed by atoms with Gasteiger partial charge in [-0.1, -0.05) is 38.9 Å². The third kappa shape index (κ3) is 3.39. The Kier molecular flexibility index (Phi) is 4.01. The summed E-state index contributed by atoms with van der Waals surface area (Å²) < 4.78 is 4.24. The Labute approximate surface area is 104 Å². The van der Waals surface area contributed by atoms with E-state index in [0.717, 1.165) is 11.4 Å². The second kappa shape index (κ2) is 5.72. The lowest BCUT2D eigenvalue weighted by Crippen LogP contribution is -2.85. The number of amides is 2. The van der Waals surface area contributed by atoms with Crippen molar-refractivity contribution in [3.05, 3.63) is 52.3 Å². The van der Waals surface area contributed by atoms with Gasteiger partial charge in [0, 0.05) is 5.70 Å². The van der Waals surface area contributed by atoms with Gasteiger partial charge in [0.25, 0.3) is 0 Å². The maximum atomic E-state index is 11.6. The zero-order valence-electron chi connectivity index (χ0n) is 8.56. The third-order valence-corrected chi connectivity index (χ3v) is 3.55. The molecular formula is C12H12IN2O+. The second-order valence-corrected chi connectivity index (χ2v) is 5.37. The van der Waals surface area contributed by atoms with E-state index in [0.29, 0.717) is 0 Å². The van der Waals surface area contributed by atoms with Crippen LogP contribution >= 0.6 is 20.7 Å². The number of carbonyl (C=O) groups is 1. The molecule has 2 amide bonds. The van der Waals surface area contributed by atoms with Crippen molar-refractivity contribution in [2.24, 2.45) is 0 Å². The van der Waals surface area contributed by atoms with Crippen LogP contribution in [0.25, 0.3) is 0 Å². The minimum absolute atomic E-state index is 0.0691. The molecule has 0 fully saturated rings. The fourth-order valence-electron chi connectivity index (χ4n) is 1.27. The highest BCUT2D eigenvalue weighted by Gasteiger charge is 2.07. The molecule has 16 heavy (non-hydrogen) atoms. The molecule has 1 aromatic rings. The van der Waals surface area contributed by atoms with Crippen LogP contribution in [0.1, 0.15) is 0 Å². The van der Waals surface area contributed by atoms with Crippen molar-refractivity contribution in [3.8, 4) is 0 Å². The number of carbonyl (C=O) groups excluding carboxylic acids is 1. The van der Waals surface area contributed by atoms with Crippen molar-refractivity contribution in [3.63, 3.8) is 0 Å². The smallest absolute Gasteiger partial charge is 0.275 e. The summed E-state index contributed by atoms with van der Waals surface area (Å²) in [6.45, 7) is 0. The number of nitrogens with two attached hydrogens (primary N) is 1. The molecule has 1 aliphatic rings. The van der Waals surface area contributed by atoms with E-state index >= 15 is 0 Å². The molecule has 0 saturated heterocycles. The first kappa shape index (κ1) is 11.2. The number of benzene rings is 1. The Hall–Kier alpha value is -1.27. The van der Waals surface area contributed by atoms with Gasteiger partial charge in [-0.25, -0.2) is 10.1 Å². The lowest BCUT2D eigenvalue weighted by Gasteiger charge is -2.04. The van der Waals surface area contributed by atoms with E-state index in [-0.39, 0.29) is 26.8 Å². The minimum atomic E-state index is -0.0874. The summed E-state index contributed by atoms with van der Waals surface area (Å²) >= 11 is 0.0691. The van der Waals surface area contributed by atoms with Crippen LogP contribution in [-0.4, -0.2) is 10.0 Å². The van der Waals surface area contributed by atoms with E-state index < -0.39 is 0 Å². The van der Waals surface area contributed by atoms with Crippen LogP contribution in [0.4, 0.5) is 10.5 Å². The molecule has 0 atom stereocenters. The van der Waals surface area contributed by atoms with Crippen LogP contribution in [0.3, 0.4) is 0 Å². The highest BCUT2D eigenvalue weighted by molar-refractivity contribution is 14.2. The van der Waals surface area contributed by atoms with Gasteiger partial charge in [-0.15, -0.1) is 0 Å². The van der Waals surface area contributed by atoms with Crippen LogP contribution in [-0.2, 0) is 0 Å². The summed E-state index contributed by atoms with van der Waals surface area (Å²) in [6.07, 6.45) is 3.92. The monoisotopic (exact) mass is 327 g/mol. The number of rotatable bonds is 2. The van der Waals surface area contributed by atoms with Crippen molar-refractivity contribution in [2.45, 2.75) is 0 Å². The van der Waals surface area contributed by atoms with E-state index in [1.54, 1.807) is 5.32 Å². The molecule has 0 aromatic heterocycles. The molecule has 82 valence electrons. The number of allylic oxidation sites excluding steroid dienone is 2. The van der Waals surface area contributed by atoms with Gasteiger partial charge in [0.2, 0.25) is 0 Å². The number of hydrogen-bond donors (Lipinski definition) is 2. The first-order valence-corrected chi connectivity index (χ1v) is 7.36. The SMILES string of the molecule is O=C(NC1=CC=IC=C1)[NH2+]c1ccccc1. The van der Waals surface area contributed by atoms with Crippen molar-refractivity contribution >= 4 is 36.5 Å². The summed E-state index contributed by atoms with van der Waals surface area (Å²) in [5.41, 5.74) is 1.78. The number of para-hydroxylation sites is 1. The Morgan fingerprint density at radius 1 is 1.25 bits per heavy atom. The zero-order chi connectivity index (χ0) is 11.2. The molecule has 0 bridgehead atoms. The zero-order valence-corrected chi connectivity index (χ0v) is 10.7. The summed E-state index contributed by atoms with van der Waals surface area (Å²) in [6, 6.07) is 9.48. The number of nitrogens with one attached hydrogen (secondary N) is 1. The largest absolute Gasteiger partial charge is 0.422 e. The fraction of sp³-hybridized carbons (Fsp3) is 0. The molecule has 1 aromatic carbocycles. The molecule has 1 aliphatic heterocycles. The van der Waals surface area contributed by atoms with Gasteiger partial charge >= 0.3 is 6.03 Å². The molecule has 0 aliphatic carbocycles. The lowest BCUT2D eigenvalue weighted by molar-refractivity contribution is -0.464. The molecule has 2 rings (SSSR count). The van der Waals surface area contributed by atoms with Crippen LogP contribution in [0.2, 0.25) is 0 Å². The van der Waals surface area contributed by atoms with Crippen molar-refractivity contribution in [2.75, 3.05) is 0 Å². The van der Waals surface area contributed by atoms with Crippen molar-refractivity contribution in [1.29, 1.82) is 0 Å². The van der Waals surface area contributed by atoms with Gasteiger partial charge in [0.1, 0.15) is 5.69 Å². The van der Waals surface area contributed by atoms with E-state index in [1.807, 2.05) is 42.5 Å². The van der Waals surface area contributed by atoms with Gasteiger partial charge in [-0.05, 0) is 32.4 Å². The maximum Gasteiger partial charge on any atom is 0.422 e. The van der Waals surface area contributed by atoms with E-state index in [4.69, 9.17) is 0 Å². The second-order valence-electron chi connectivity index (χ2n) is 3.21. The van der Waals surface area contributed by atoms with Crippen LogP contribution < -0.4 is 10.6 Å². The molecule has 0 saturated carbocycles. The Morgan fingerprint density at radius 2 is 2.06 bits per heavy atom. The number of halogens is 1. The number of hydrogen-bond acceptors (Lipinski definition) is 1. The summed E-state index contributed by atoms with van der Waals surface area (Å²) in [5, 5.41) is 4.43. The average molecular weight is 327 g/mol. The first-order valence-electron chi connectivity index (χ1n) is 4.87. The fourth-order valence-corrected chi connectivity index (χ4v) is 2.70. The molecule has 3 N–H and O–H groups in total. The normalized spacial score (nSPS) is 13.9. The predicted molar refractivity (Wildman–Crippen MR) is 73.9 cm³/mol. The summed E-state index contributed by atoms with van der Waals surface area (Å²) in [7, 11) is 0. The highest BCUT2D eigenvalue weighted by atomic mass is 127. The van der Waals surface area contributed by atoms with Crippen LogP contribution in [0.5, 0.6) is 0 Å². The van der Waals surface area contributed by atoms with E-state index in [9.17, 15) is 4.79 Å².